The normalized spacial score (nSPS) is 28.1. The lowest BCUT2D eigenvalue weighted by Crippen LogP contribution is -2.66. The number of ether oxygens (including phenoxy) is 6. The van der Waals surface area contributed by atoms with Gasteiger partial charge in [0.25, 0.3) is 0 Å². The van der Waals surface area contributed by atoms with Gasteiger partial charge in [-0.2, -0.15) is 0 Å². The predicted molar refractivity (Wildman–Crippen MR) is 364 cm³/mol. The summed E-state index contributed by atoms with van der Waals surface area (Å²) in [7, 11) is 0. The lowest BCUT2D eigenvalue weighted by Gasteiger charge is -2.48. The summed E-state index contributed by atoms with van der Waals surface area (Å²) in [4.78, 5) is 13.4. The minimum Gasteiger partial charge on any atom is -0.394 e. The van der Waals surface area contributed by atoms with E-state index in [1.54, 1.807) is 6.08 Å². The van der Waals surface area contributed by atoms with Gasteiger partial charge in [0.1, 0.15) is 73.2 Å². The molecule has 0 radical (unpaired) electrons. The number of carbonyl (C=O) groups is 1. The van der Waals surface area contributed by atoms with E-state index in [4.69, 9.17) is 28.4 Å². The number of unbranched alkanes of at least 4 members (excludes halogenated alkanes) is 24. The van der Waals surface area contributed by atoms with E-state index in [0.29, 0.717) is 12.8 Å². The average Bonchev–Trinajstić information content (AvgIpc) is 0.900. The van der Waals surface area contributed by atoms with Crippen molar-refractivity contribution in [3.63, 3.8) is 0 Å². The van der Waals surface area contributed by atoms with Crippen LogP contribution in [-0.4, -0.2) is 193 Å². The molecule has 0 saturated carbocycles. The zero-order chi connectivity index (χ0) is 67.5. The van der Waals surface area contributed by atoms with Gasteiger partial charge in [-0.25, -0.2) is 0 Å². The maximum atomic E-state index is 13.4. The monoisotopic (exact) mass is 1320 g/mol. The van der Waals surface area contributed by atoms with Crippen molar-refractivity contribution in [1.82, 2.24) is 5.32 Å². The van der Waals surface area contributed by atoms with E-state index in [1.165, 1.54) is 116 Å². The second-order valence-electron chi connectivity index (χ2n) is 25.3. The van der Waals surface area contributed by atoms with Gasteiger partial charge in [0.2, 0.25) is 5.91 Å². The summed E-state index contributed by atoms with van der Waals surface area (Å²) in [5.74, 6) is -0.293. The Morgan fingerprint density at radius 1 is 0.398 bits per heavy atom. The van der Waals surface area contributed by atoms with E-state index in [0.717, 1.165) is 83.5 Å². The zero-order valence-electron chi connectivity index (χ0n) is 56.7. The SMILES string of the molecule is CC/C=C\C/C=C\C/C=C\C/C=C\C/C=C\CCCCCCCCCCCCCCCCCC(=O)NC(COC1OC(CO)C(OC2OC(CO)C(OC3OC(CO)C(O)C(O)C3O)C(O)C2O)C(O)C1O)C(O)/C=C/CC/C=C/CC/C=C/CCCCCCCCC. The van der Waals surface area contributed by atoms with Gasteiger partial charge >= 0.3 is 0 Å². The van der Waals surface area contributed by atoms with Gasteiger partial charge < -0.3 is 89.9 Å². The molecule has 0 aromatic carbocycles. The molecule has 3 fully saturated rings. The fourth-order valence-corrected chi connectivity index (χ4v) is 11.5. The van der Waals surface area contributed by atoms with Crippen LogP contribution in [0.3, 0.4) is 0 Å². The van der Waals surface area contributed by atoms with Crippen LogP contribution in [0.5, 0.6) is 0 Å². The van der Waals surface area contributed by atoms with Gasteiger partial charge in [0.05, 0.1) is 38.6 Å². The maximum absolute atomic E-state index is 13.4. The summed E-state index contributed by atoms with van der Waals surface area (Å²) in [6, 6.07) is -1.00. The first-order valence-electron chi connectivity index (χ1n) is 36.0. The van der Waals surface area contributed by atoms with Gasteiger partial charge in [-0.3, -0.25) is 4.79 Å². The van der Waals surface area contributed by atoms with Crippen molar-refractivity contribution >= 4 is 5.91 Å². The van der Waals surface area contributed by atoms with Crippen LogP contribution in [0.15, 0.2) is 97.2 Å². The van der Waals surface area contributed by atoms with E-state index in [-0.39, 0.29) is 18.9 Å². The Morgan fingerprint density at radius 2 is 0.753 bits per heavy atom. The fraction of sp³-hybridized carbons (Fsp3) is 0.770. The Balaban J connectivity index is 1.40. The van der Waals surface area contributed by atoms with E-state index in [1.807, 2.05) is 6.08 Å². The molecule has 17 unspecified atom stereocenters. The largest absolute Gasteiger partial charge is 0.394 e. The second kappa shape index (κ2) is 54.7. The minimum atomic E-state index is -1.99. The molecule has 12 N–H and O–H groups in total. The molecule has 536 valence electrons. The third-order valence-corrected chi connectivity index (χ3v) is 17.3. The van der Waals surface area contributed by atoms with Crippen molar-refractivity contribution in [2.45, 2.75) is 336 Å². The minimum absolute atomic E-state index is 0.227. The summed E-state index contributed by atoms with van der Waals surface area (Å²) in [5.41, 5.74) is 0. The van der Waals surface area contributed by atoms with Crippen LogP contribution >= 0.6 is 0 Å². The average molecular weight is 1320 g/mol. The highest BCUT2D eigenvalue weighted by Crippen LogP contribution is 2.33. The Hall–Kier alpha value is -3.29. The topological polar surface area (TPSA) is 307 Å². The molecule has 19 heteroatoms. The van der Waals surface area contributed by atoms with Crippen LogP contribution in [0.25, 0.3) is 0 Å². The number of allylic oxidation sites excluding steroid dienone is 15. The molecule has 0 aromatic heterocycles. The first kappa shape index (κ1) is 83.9. The number of amides is 1. The summed E-state index contributed by atoms with van der Waals surface area (Å²) in [6.07, 6.45) is 45.3. The number of rotatable bonds is 54. The standard InChI is InChI=1S/C74H127NO18/c1-3-5-7-9-11-13-15-17-19-21-22-23-24-25-26-27-28-29-30-31-32-33-34-36-38-40-42-44-46-48-50-52-62(80)75-57(58(79)51-49-47-45-43-41-39-37-35-20-18-16-14-12-10-8-6-4-2)56-88-72-68(86)65(83)70(60(54-77)90-72)93-74-69(87)66(84)71(61(55-78)91-74)92-73-67(85)64(82)63(81)59(53-76)89-73/h5,7,11,13,17,19-20,22-23,25-26,35,41,43,49,51,57-61,63-74,76-79,81-87H,3-4,6,8-10,12,14-16,18,21,24,27-34,36-40,42,44-48,50,52-56H2,1-2H3,(H,75,80)/b7-5-,13-11-,19-17-,23-22-,26-25-,35-20+,43-41+,51-49+. The molecule has 3 aliphatic rings. The Kier molecular flexibility index (Phi) is 49.4. The maximum Gasteiger partial charge on any atom is 0.220 e. The van der Waals surface area contributed by atoms with E-state index in [9.17, 15) is 61.0 Å². The molecule has 93 heavy (non-hydrogen) atoms. The van der Waals surface area contributed by atoms with Gasteiger partial charge in [0.15, 0.2) is 18.9 Å². The summed E-state index contributed by atoms with van der Waals surface area (Å²) in [5, 5.41) is 121. The van der Waals surface area contributed by atoms with Crippen molar-refractivity contribution in [3.8, 4) is 0 Å². The first-order chi connectivity index (χ1) is 45.3. The predicted octanol–water partition coefficient (Wildman–Crippen LogP) is 10.0. The number of hydrogen-bond donors (Lipinski definition) is 12. The molecule has 3 rings (SSSR count). The van der Waals surface area contributed by atoms with Crippen LogP contribution in [-0.2, 0) is 33.2 Å². The number of aliphatic hydroxyl groups excluding tert-OH is 11. The molecule has 3 heterocycles. The lowest BCUT2D eigenvalue weighted by molar-refractivity contribution is -0.379. The second-order valence-corrected chi connectivity index (χ2v) is 25.3. The van der Waals surface area contributed by atoms with Crippen LogP contribution in [0, 0.1) is 0 Å². The highest BCUT2D eigenvalue weighted by Gasteiger charge is 2.53. The molecular formula is C74H127NO18. The van der Waals surface area contributed by atoms with Crippen molar-refractivity contribution in [3.05, 3.63) is 97.2 Å². The van der Waals surface area contributed by atoms with Gasteiger partial charge in [-0.1, -0.05) is 233 Å². The molecular weight excluding hydrogens is 1190 g/mol. The highest BCUT2D eigenvalue weighted by molar-refractivity contribution is 5.76. The Labute approximate surface area is 558 Å². The zero-order valence-corrected chi connectivity index (χ0v) is 56.7. The van der Waals surface area contributed by atoms with Crippen LogP contribution in [0.1, 0.15) is 232 Å². The molecule has 3 aliphatic heterocycles. The number of carbonyl (C=O) groups excluding carboxylic acids is 1. The molecule has 1 amide bonds. The van der Waals surface area contributed by atoms with Crippen molar-refractivity contribution in [2.75, 3.05) is 26.4 Å². The van der Waals surface area contributed by atoms with Crippen LogP contribution < -0.4 is 5.32 Å². The van der Waals surface area contributed by atoms with Crippen LogP contribution in [0.4, 0.5) is 0 Å². The molecule has 0 spiro atoms. The quantitative estimate of drug-likeness (QED) is 0.0199. The molecule has 19 nitrogen and oxygen atoms in total. The Bertz CT molecular complexity index is 2060. The molecule has 0 bridgehead atoms. The summed E-state index contributed by atoms with van der Waals surface area (Å²) < 4.78 is 34.3. The Morgan fingerprint density at radius 3 is 1.20 bits per heavy atom. The smallest absolute Gasteiger partial charge is 0.220 e. The van der Waals surface area contributed by atoms with E-state index in [2.05, 4.69) is 104 Å². The first-order valence-corrected chi connectivity index (χ1v) is 36.0. The van der Waals surface area contributed by atoms with Crippen molar-refractivity contribution in [1.29, 1.82) is 0 Å². The van der Waals surface area contributed by atoms with Gasteiger partial charge in [0, 0.05) is 6.42 Å². The molecule has 0 aliphatic carbocycles. The number of aliphatic hydroxyl groups is 11. The molecule has 17 atom stereocenters. The van der Waals surface area contributed by atoms with Gasteiger partial charge in [-0.15, -0.1) is 0 Å². The van der Waals surface area contributed by atoms with Gasteiger partial charge in [-0.05, 0) is 89.9 Å². The van der Waals surface area contributed by atoms with Crippen molar-refractivity contribution < 1.29 is 89.4 Å². The number of nitrogens with one attached hydrogen (secondary N) is 1. The third kappa shape index (κ3) is 36.2. The van der Waals surface area contributed by atoms with E-state index >= 15 is 0 Å². The third-order valence-electron chi connectivity index (χ3n) is 17.3. The van der Waals surface area contributed by atoms with Crippen molar-refractivity contribution in [2.24, 2.45) is 0 Å². The highest BCUT2D eigenvalue weighted by atomic mass is 16.8. The summed E-state index contributed by atoms with van der Waals surface area (Å²) >= 11 is 0. The fourth-order valence-electron chi connectivity index (χ4n) is 11.5. The summed E-state index contributed by atoms with van der Waals surface area (Å²) in [6.45, 7) is 1.58. The molecule has 3 saturated heterocycles. The lowest BCUT2D eigenvalue weighted by atomic mass is 9.96. The number of hydrogen-bond acceptors (Lipinski definition) is 18. The molecule has 0 aromatic rings. The van der Waals surface area contributed by atoms with Crippen LogP contribution in [0.2, 0.25) is 0 Å². The van der Waals surface area contributed by atoms with E-state index < -0.39 is 124 Å².